The fourth-order valence-electron chi connectivity index (χ4n) is 3.46. The van der Waals surface area contributed by atoms with Crippen molar-refractivity contribution in [3.8, 4) is 17.2 Å². The third kappa shape index (κ3) is 3.94. The molecule has 0 radical (unpaired) electrons. The van der Waals surface area contributed by atoms with Gasteiger partial charge >= 0.3 is 0 Å². The van der Waals surface area contributed by atoms with E-state index in [1.807, 2.05) is 6.07 Å². The molecule has 0 saturated carbocycles. The molecule has 0 aliphatic rings. The maximum atomic E-state index is 14.3. The summed E-state index contributed by atoms with van der Waals surface area (Å²) in [5.74, 6) is -1.39. The maximum absolute atomic E-state index is 14.3. The van der Waals surface area contributed by atoms with Crippen molar-refractivity contribution in [1.82, 2.24) is 4.57 Å². The zero-order chi connectivity index (χ0) is 22.3. The predicted octanol–water partition coefficient (Wildman–Crippen LogP) is 5.60. The molecule has 4 aromatic rings. The van der Waals surface area contributed by atoms with Crippen LogP contribution in [0.3, 0.4) is 0 Å². The van der Waals surface area contributed by atoms with Crippen LogP contribution in [0.15, 0.2) is 71.7 Å². The molecule has 0 atom stereocenters. The summed E-state index contributed by atoms with van der Waals surface area (Å²) in [5.41, 5.74) is 1.04. The summed E-state index contributed by atoms with van der Waals surface area (Å²) in [5, 5.41) is 11.0. The van der Waals surface area contributed by atoms with Crippen LogP contribution in [0.4, 0.5) is 8.78 Å². The first-order valence-electron chi connectivity index (χ1n) is 9.76. The number of hydrogen-bond donors (Lipinski definition) is 1. The van der Waals surface area contributed by atoms with E-state index in [2.05, 4.69) is 0 Å². The Labute approximate surface area is 178 Å². The highest BCUT2D eigenvalue weighted by Gasteiger charge is 2.21. The van der Waals surface area contributed by atoms with E-state index in [4.69, 9.17) is 4.74 Å². The molecule has 1 heterocycles. The molecular weight excluding hydrogens is 400 g/mol. The highest BCUT2D eigenvalue weighted by Crippen LogP contribution is 2.35. The molecule has 158 valence electrons. The van der Waals surface area contributed by atoms with Crippen molar-refractivity contribution in [2.75, 3.05) is 0 Å². The first kappa shape index (κ1) is 20.8. The van der Waals surface area contributed by atoms with Crippen LogP contribution >= 0.6 is 0 Å². The second-order valence-corrected chi connectivity index (χ2v) is 7.95. The summed E-state index contributed by atoms with van der Waals surface area (Å²) in [6.45, 7) is 5.02. The Kier molecular flexibility index (Phi) is 5.11. The smallest absolute Gasteiger partial charge is 0.192 e. The van der Waals surface area contributed by atoms with Gasteiger partial charge in [-0.05, 0) is 62.7 Å². The average Bonchev–Trinajstić information content (AvgIpc) is 2.72. The zero-order valence-electron chi connectivity index (χ0n) is 17.3. The van der Waals surface area contributed by atoms with Crippen molar-refractivity contribution < 1.29 is 18.6 Å². The van der Waals surface area contributed by atoms with Gasteiger partial charge in [-0.15, -0.1) is 0 Å². The minimum absolute atomic E-state index is 0.0856. The normalized spacial score (nSPS) is 11.7. The molecule has 6 heteroatoms. The minimum atomic E-state index is -1.14. The van der Waals surface area contributed by atoms with Gasteiger partial charge in [-0.25, -0.2) is 8.78 Å². The van der Waals surface area contributed by atoms with E-state index in [0.29, 0.717) is 27.7 Å². The number of aryl methyl sites for hydroxylation is 1. The van der Waals surface area contributed by atoms with Crippen LogP contribution in [0.2, 0.25) is 0 Å². The summed E-state index contributed by atoms with van der Waals surface area (Å²) >= 11 is 0. The fraction of sp³-hybridized carbons (Fsp3) is 0.160. The molecule has 0 bridgehead atoms. The van der Waals surface area contributed by atoms with Gasteiger partial charge in [0.25, 0.3) is 0 Å². The van der Waals surface area contributed by atoms with Crippen molar-refractivity contribution in [1.29, 1.82) is 0 Å². The summed E-state index contributed by atoms with van der Waals surface area (Å²) in [4.78, 5) is 12.6. The van der Waals surface area contributed by atoms with Gasteiger partial charge in [0.05, 0.1) is 16.8 Å². The Hall–Kier alpha value is -3.51. The number of benzene rings is 3. The molecule has 0 fully saturated rings. The van der Waals surface area contributed by atoms with E-state index in [0.717, 1.165) is 12.1 Å². The highest BCUT2D eigenvalue weighted by molar-refractivity contribution is 5.81. The molecule has 0 aliphatic carbocycles. The Bertz CT molecular complexity index is 1350. The van der Waals surface area contributed by atoms with Gasteiger partial charge in [0.2, 0.25) is 0 Å². The molecule has 1 N–H and O–H groups in total. The SMILES string of the molecule is Cc1cn(-c2cc(C(C)(C)O)ccc2Oc2ccc(F)cc2F)c2ccccc2c1=O. The largest absolute Gasteiger partial charge is 0.452 e. The molecule has 0 spiro atoms. The van der Waals surface area contributed by atoms with Crippen LogP contribution in [0.5, 0.6) is 11.5 Å². The van der Waals surface area contributed by atoms with Crippen LogP contribution in [0.1, 0.15) is 25.0 Å². The molecule has 1 aromatic heterocycles. The average molecular weight is 421 g/mol. The second-order valence-electron chi connectivity index (χ2n) is 7.95. The molecule has 4 rings (SSSR count). The van der Waals surface area contributed by atoms with Crippen LogP contribution in [0.25, 0.3) is 16.6 Å². The molecule has 0 saturated heterocycles. The number of nitrogens with zero attached hydrogens (tertiary/aromatic N) is 1. The number of aliphatic hydroxyl groups is 1. The lowest BCUT2D eigenvalue weighted by atomic mass is 9.97. The molecule has 31 heavy (non-hydrogen) atoms. The summed E-state index contributed by atoms with van der Waals surface area (Å²) < 4.78 is 35.2. The molecular formula is C25H21F2NO3. The van der Waals surface area contributed by atoms with Crippen LogP contribution in [0, 0.1) is 18.6 Å². The van der Waals surface area contributed by atoms with E-state index in [1.54, 1.807) is 67.9 Å². The Morgan fingerprint density at radius 1 is 0.968 bits per heavy atom. The quantitative estimate of drug-likeness (QED) is 0.467. The Morgan fingerprint density at radius 2 is 1.68 bits per heavy atom. The summed E-state index contributed by atoms with van der Waals surface area (Å²) in [7, 11) is 0. The molecule has 0 unspecified atom stereocenters. The van der Waals surface area contributed by atoms with E-state index >= 15 is 0 Å². The van der Waals surface area contributed by atoms with Gasteiger partial charge < -0.3 is 14.4 Å². The van der Waals surface area contributed by atoms with E-state index in [9.17, 15) is 18.7 Å². The predicted molar refractivity (Wildman–Crippen MR) is 116 cm³/mol. The third-order valence-electron chi connectivity index (χ3n) is 5.13. The first-order chi connectivity index (χ1) is 14.6. The van der Waals surface area contributed by atoms with Crippen LogP contribution < -0.4 is 10.2 Å². The number of fused-ring (bicyclic) bond motifs is 1. The number of aromatic nitrogens is 1. The Balaban J connectivity index is 1.99. The summed E-state index contributed by atoms with van der Waals surface area (Å²) in [6.07, 6.45) is 1.68. The fourth-order valence-corrected chi connectivity index (χ4v) is 3.46. The van der Waals surface area contributed by atoms with Crippen LogP contribution in [-0.2, 0) is 5.60 Å². The van der Waals surface area contributed by atoms with Gasteiger partial charge in [-0.2, -0.15) is 0 Å². The van der Waals surface area contributed by atoms with Crippen molar-refractivity contribution in [3.63, 3.8) is 0 Å². The number of pyridine rings is 1. The lowest BCUT2D eigenvalue weighted by molar-refractivity contribution is 0.0785. The zero-order valence-corrected chi connectivity index (χ0v) is 17.3. The van der Waals surface area contributed by atoms with E-state index in [1.165, 1.54) is 6.07 Å². The van der Waals surface area contributed by atoms with E-state index in [-0.39, 0.29) is 16.9 Å². The van der Waals surface area contributed by atoms with Gasteiger partial charge in [0.15, 0.2) is 22.7 Å². The molecule has 4 nitrogen and oxygen atoms in total. The standard InChI is InChI=1S/C25H21F2NO3/c1-15-14-28(20-7-5-4-6-18(20)24(15)29)21-12-16(25(2,3)30)8-10-23(21)31-22-11-9-17(26)13-19(22)27/h4-14,30H,1-3H3. The number of para-hydroxylation sites is 1. The number of hydrogen-bond acceptors (Lipinski definition) is 3. The maximum Gasteiger partial charge on any atom is 0.192 e. The topological polar surface area (TPSA) is 51.5 Å². The minimum Gasteiger partial charge on any atom is -0.452 e. The van der Waals surface area contributed by atoms with Crippen LogP contribution in [-0.4, -0.2) is 9.67 Å². The van der Waals surface area contributed by atoms with Gasteiger partial charge in [0.1, 0.15) is 5.82 Å². The monoisotopic (exact) mass is 421 g/mol. The van der Waals surface area contributed by atoms with E-state index < -0.39 is 17.2 Å². The molecule has 0 aliphatic heterocycles. The van der Waals surface area contributed by atoms with Crippen molar-refractivity contribution >= 4 is 10.9 Å². The van der Waals surface area contributed by atoms with Gasteiger partial charge in [0, 0.05) is 23.2 Å². The third-order valence-corrected chi connectivity index (χ3v) is 5.13. The van der Waals surface area contributed by atoms with Crippen molar-refractivity contribution in [2.45, 2.75) is 26.4 Å². The lowest BCUT2D eigenvalue weighted by Gasteiger charge is -2.22. The summed E-state index contributed by atoms with van der Waals surface area (Å²) in [6, 6.07) is 15.2. The molecule has 3 aromatic carbocycles. The number of rotatable bonds is 4. The van der Waals surface area contributed by atoms with Crippen molar-refractivity contribution in [2.24, 2.45) is 0 Å². The second kappa shape index (κ2) is 7.63. The highest BCUT2D eigenvalue weighted by atomic mass is 19.1. The van der Waals surface area contributed by atoms with Crippen molar-refractivity contribution in [3.05, 3.63) is 99.8 Å². The van der Waals surface area contributed by atoms with Gasteiger partial charge in [-0.1, -0.05) is 18.2 Å². The number of halogens is 2. The molecule has 0 amide bonds. The lowest BCUT2D eigenvalue weighted by Crippen LogP contribution is -2.17. The number of ether oxygens (including phenoxy) is 1. The van der Waals surface area contributed by atoms with Gasteiger partial charge in [-0.3, -0.25) is 4.79 Å². The first-order valence-corrected chi connectivity index (χ1v) is 9.76. The Morgan fingerprint density at radius 3 is 2.39 bits per heavy atom.